The molecule has 1 aliphatic rings. The van der Waals surface area contributed by atoms with E-state index in [2.05, 4.69) is 5.32 Å². The van der Waals surface area contributed by atoms with Gasteiger partial charge in [0.05, 0.1) is 11.0 Å². The van der Waals surface area contributed by atoms with E-state index in [1.54, 1.807) is 36.4 Å². The minimum Gasteiger partial charge on any atom is -0.491 e. The zero-order chi connectivity index (χ0) is 19.1. The minimum absolute atomic E-state index is 0.0106. The molecule has 0 aromatic heterocycles. The normalized spacial score (nSPS) is 16.4. The van der Waals surface area contributed by atoms with Gasteiger partial charge in [-0.25, -0.2) is 0 Å². The second-order valence-corrected chi connectivity index (χ2v) is 6.15. The lowest BCUT2D eigenvalue weighted by molar-refractivity contribution is -0.384. The highest BCUT2D eigenvalue weighted by Crippen LogP contribution is 2.20. The number of nitro benzene ring substituents is 1. The van der Waals surface area contributed by atoms with E-state index in [1.807, 2.05) is 6.07 Å². The Morgan fingerprint density at radius 1 is 1.30 bits per heavy atom. The number of nitrogens with one attached hydrogen (secondary N) is 1. The van der Waals surface area contributed by atoms with Crippen molar-refractivity contribution in [2.24, 2.45) is 0 Å². The van der Waals surface area contributed by atoms with Crippen LogP contribution in [0.4, 0.5) is 11.4 Å². The number of hydrogen-bond donors (Lipinski definition) is 1. The van der Waals surface area contributed by atoms with Gasteiger partial charge in [0.15, 0.2) is 0 Å². The van der Waals surface area contributed by atoms with Crippen LogP contribution in [-0.2, 0) is 9.53 Å². The van der Waals surface area contributed by atoms with Gasteiger partial charge in [-0.2, -0.15) is 0 Å². The number of carbonyl (C=O) groups excluding carboxylic acids is 1. The Morgan fingerprint density at radius 3 is 2.81 bits per heavy atom. The average Bonchev–Trinajstić information content (AvgIpc) is 3.19. The first-order valence-corrected chi connectivity index (χ1v) is 8.68. The lowest BCUT2D eigenvalue weighted by Crippen LogP contribution is -2.16. The van der Waals surface area contributed by atoms with Gasteiger partial charge in [-0.05, 0) is 48.7 Å². The monoisotopic (exact) mass is 368 g/mol. The van der Waals surface area contributed by atoms with Gasteiger partial charge >= 0.3 is 0 Å². The molecule has 0 bridgehead atoms. The molecule has 0 spiro atoms. The van der Waals surface area contributed by atoms with E-state index in [0.717, 1.165) is 19.4 Å². The van der Waals surface area contributed by atoms with Crippen molar-refractivity contribution >= 4 is 23.4 Å². The molecular weight excluding hydrogens is 348 g/mol. The Bertz CT molecular complexity index is 827. The van der Waals surface area contributed by atoms with Crippen LogP contribution in [-0.4, -0.2) is 30.1 Å². The van der Waals surface area contributed by atoms with E-state index in [-0.39, 0.29) is 17.7 Å². The highest BCUT2D eigenvalue weighted by molar-refractivity contribution is 6.02. The number of carbonyl (C=O) groups is 1. The maximum Gasteiger partial charge on any atom is 0.269 e. The SMILES string of the molecule is O=C(/C=C/c1ccc([N+](=O)[O-])cc1)Nc1cccc(OCC2CCCO2)c1. The maximum atomic E-state index is 12.1. The first-order valence-electron chi connectivity index (χ1n) is 8.68. The standard InChI is InChI=1S/C20H20N2O5/c23-20(11-8-15-6-9-17(10-7-15)22(24)25)21-16-3-1-4-18(13-16)27-14-19-5-2-12-26-19/h1,3-4,6-11,13,19H,2,5,12,14H2,(H,21,23)/b11-8+. The topological polar surface area (TPSA) is 90.7 Å². The van der Waals surface area contributed by atoms with E-state index in [1.165, 1.54) is 18.2 Å². The van der Waals surface area contributed by atoms with Crippen LogP contribution >= 0.6 is 0 Å². The van der Waals surface area contributed by atoms with Crippen LogP contribution in [0.15, 0.2) is 54.6 Å². The number of amides is 1. The van der Waals surface area contributed by atoms with Crippen LogP contribution in [0, 0.1) is 10.1 Å². The Balaban J connectivity index is 1.53. The smallest absolute Gasteiger partial charge is 0.269 e. The van der Waals surface area contributed by atoms with Gasteiger partial charge in [0, 0.05) is 36.6 Å². The van der Waals surface area contributed by atoms with E-state index >= 15 is 0 Å². The summed E-state index contributed by atoms with van der Waals surface area (Å²) in [6.45, 7) is 1.28. The van der Waals surface area contributed by atoms with E-state index < -0.39 is 4.92 Å². The molecule has 140 valence electrons. The van der Waals surface area contributed by atoms with Crippen molar-refractivity contribution in [1.29, 1.82) is 0 Å². The fourth-order valence-corrected chi connectivity index (χ4v) is 2.69. The molecule has 1 atom stereocenters. The van der Waals surface area contributed by atoms with E-state index in [4.69, 9.17) is 9.47 Å². The number of rotatable bonds is 7. The van der Waals surface area contributed by atoms with E-state index in [0.29, 0.717) is 23.6 Å². The quantitative estimate of drug-likeness (QED) is 0.456. The summed E-state index contributed by atoms with van der Waals surface area (Å²) in [6.07, 6.45) is 5.17. The van der Waals surface area contributed by atoms with Gasteiger partial charge < -0.3 is 14.8 Å². The lowest BCUT2D eigenvalue weighted by Gasteiger charge is -2.12. The fourth-order valence-electron chi connectivity index (χ4n) is 2.69. The molecule has 0 aliphatic carbocycles. The summed E-state index contributed by atoms with van der Waals surface area (Å²) in [6, 6.07) is 13.1. The Morgan fingerprint density at radius 2 is 2.11 bits per heavy atom. The molecule has 2 aromatic carbocycles. The third kappa shape index (κ3) is 5.65. The van der Waals surface area contributed by atoms with Crippen molar-refractivity contribution in [3.8, 4) is 5.75 Å². The van der Waals surface area contributed by atoms with Crippen LogP contribution < -0.4 is 10.1 Å². The number of ether oxygens (including phenoxy) is 2. The predicted octanol–water partition coefficient (Wildman–Crippen LogP) is 3.80. The molecule has 3 rings (SSSR count). The van der Waals surface area contributed by atoms with Crippen LogP contribution in [0.2, 0.25) is 0 Å². The maximum absolute atomic E-state index is 12.1. The molecule has 0 saturated carbocycles. The number of non-ortho nitro benzene ring substituents is 1. The second kappa shape index (κ2) is 8.95. The summed E-state index contributed by atoms with van der Waals surface area (Å²) in [5, 5.41) is 13.4. The van der Waals surface area contributed by atoms with Gasteiger partial charge in [-0.1, -0.05) is 6.07 Å². The highest BCUT2D eigenvalue weighted by atomic mass is 16.6. The van der Waals surface area contributed by atoms with Crippen molar-refractivity contribution in [1.82, 2.24) is 0 Å². The molecule has 27 heavy (non-hydrogen) atoms. The van der Waals surface area contributed by atoms with Gasteiger partial charge in [-0.15, -0.1) is 0 Å². The predicted molar refractivity (Wildman–Crippen MR) is 102 cm³/mol. The molecule has 1 amide bonds. The Labute approximate surface area is 156 Å². The minimum atomic E-state index is -0.464. The number of benzene rings is 2. The first-order chi connectivity index (χ1) is 13.1. The van der Waals surface area contributed by atoms with Crippen molar-refractivity contribution in [3.63, 3.8) is 0 Å². The fraction of sp³-hybridized carbons (Fsp3) is 0.250. The van der Waals surface area contributed by atoms with Crippen molar-refractivity contribution in [3.05, 3.63) is 70.3 Å². The Hall–Kier alpha value is -3.19. The highest BCUT2D eigenvalue weighted by Gasteiger charge is 2.16. The van der Waals surface area contributed by atoms with Crippen LogP contribution in [0.1, 0.15) is 18.4 Å². The van der Waals surface area contributed by atoms with Gasteiger partial charge in [-0.3, -0.25) is 14.9 Å². The summed E-state index contributed by atoms with van der Waals surface area (Å²) >= 11 is 0. The average molecular weight is 368 g/mol. The summed E-state index contributed by atoms with van der Waals surface area (Å²) < 4.78 is 11.2. The summed E-state index contributed by atoms with van der Waals surface area (Å²) in [5.41, 5.74) is 1.33. The van der Waals surface area contributed by atoms with Crippen LogP contribution in [0.3, 0.4) is 0 Å². The number of nitrogens with zero attached hydrogens (tertiary/aromatic N) is 1. The molecule has 1 N–H and O–H groups in total. The largest absolute Gasteiger partial charge is 0.491 e. The molecule has 1 heterocycles. The van der Waals surface area contributed by atoms with Gasteiger partial charge in [0.2, 0.25) is 5.91 Å². The number of nitro groups is 1. The third-order valence-electron chi connectivity index (χ3n) is 4.09. The molecule has 1 aliphatic heterocycles. The molecule has 1 fully saturated rings. The van der Waals surface area contributed by atoms with Gasteiger partial charge in [0.25, 0.3) is 5.69 Å². The van der Waals surface area contributed by atoms with Crippen molar-refractivity contribution in [2.45, 2.75) is 18.9 Å². The molecule has 7 heteroatoms. The van der Waals surface area contributed by atoms with E-state index in [9.17, 15) is 14.9 Å². The molecule has 7 nitrogen and oxygen atoms in total. The zero-order valence-corrected chi connectivity index (χ0v) is 14.7. The number of hydrogen-bond acceptors (Lipinski definition) is 5. The molecule has 2 aromatic rings. The van der Waals surface area contributed by atoms with Crippen LogP contribution in [0.5, 0.6) is 5.75 Å². The second-order valence-electron chi connectivity index (χ2n) is 6.15. The summed E-state index contributed by atoms with van der Waals surface area (Å²) in [5.74, 6) is 0.368. The third-order valence-corrected chi connectivity index (χ3v) is 4.09. The lowest BCUT2D eigenvalue weighted by atomic mass is 10.2. The number of anilines is 1. The zero-order valence-electron chi connectivity index (χ0n) is 14.7. The summed E-state index contributed by atoms with van der Waals surface area (Å²) in [7, 11) is 0. The Kier molecular flexibility index (Phi) is 6.17. The first kappa shape index (κ1) is 18.6. The molecular formula is C20H20N2O5. The molecule has 0 radical (unpaired) electrons. The summed E-state index contributed by atoms with van der Waals surface area (Å²) in [4.78, 5) is 22.2. The van der Waals surface area contributed by atoms with Crippen molar-refractivity contribution in [2.75, 3.05) is 18.5 Å². The molecule has 1 unspecified atom stereocenters. The van der Waals surface area contributed by atoms with Crippen LogP contribution in [0.25, 0.3) is 6.08 Å². The van der Waals surface area contributed by atoms with Crippen molar-refractivity contribution < 1.29 is 19.2 Å². The van der Waals surface area contributed by atoms with Gasteiger partial charge in [0.1, 0.15) is 12.4 Å². The molecule has 1 saturated heterocycles.